The minimum Gasteiger partial charge on any atom is -0.489 e. The molecular formula is C27H24ClN5O2. The molecule has 0 radical (unpaired) electrons. The summed E-state index contributed by atoms with van der Waals surface area (Å²) >= 11 is 6.00. The SMILES string of the molecule is CC1=C(C(=O)Nc2ccc(Cl)cc2)[C@H](c2ccccc2OCc2ccc(C)cc2)n2ncnc2N1. The van der Waals surface area contributed by atoms with Crippen LogP contribution in [0.3, 0.4) is 0 Å². The molecule has 0 bridgehead atoms. The number of amides is 1. The Balaban J connectivity index is 1.50. The Labute approximate surface area is 208 Å². The molecule has 1 amide bonds. The summed E-state index contributed by atoms with van der Waals surface area (Å²) in [5, 5.41) is 11.2. The average molecular weight is 486 g/mol. The van der Waals surface area contributed by atoms with Crippen molar-refractivity contribution in [1.29, 1.82) is 0 Å². The van der Waals surface area contributed by atoms with Gasteiger partial charge in [0, 0.05) is 22.0 Å². The predicted molar refractivity (Wildman–Crippen MR) is 137 cm³/mol. The summed E-state index contributed by atoms with van der Waals surface area (Å²) in [4.78, 5) is 17.9. The van der Waals surface area contributed by atoms with E-state index in [-0.39, 0.29) is 5.91 Å². The molecule has 1 atom stereocenters. The Morgan fingerprint density at radius 2 is 1.80 bits per heavy atom. The number of carbonyl (C=O) groups is 1. The zero-order valence-corrected chi connectivity index (χ0v) is 20.1. The second-order valence-electron chi connectivity index (χ2n) is 8.37. The molecule has 0 spiro atoms. The van der Waals surface area contributed by atoms with Crippen LogP contribution in [0.25, 0.3) is 0 Å². The van der Waals surface area contributed by atoms with Crippen LogP contribution in [0.4, 0.5) is 11.6 Å². The smallest absolute Gasteiger partial charge is 0.255 e. The van der Waals surface area contributed by atoms with Crippen molar-refractivity contribution in [3.05, 3.63) is 112 Å². The van der Waals surface area contributed by atoms with E-state index in [1.54, 1.807) is 28.9 Å². The van der Waals surface area contributed by atoms with Gasteiger partial charge in [0.05, 0.1) is 5.57 Å². The molecule has 2 N–H and O–H groups in total. The van der Waals surface area contributed by atoms with E-state index in [2.05, 4.69) is 39.8 Å². The lowest BCUT2D eigenvalue weighted by atomic mass is 9.94. The molecule has 176 valence electrons. The number of nitrogens with one attached hydrogen (secondary N) is 2. The number of nitrogens with zero attached hydrogens (tertiary/aromatic N) is 3. The number of fused-ring (bicyclic) bond motifs is 1. The molecule has 5 rings (SSSR count). The highest BCUT2D eigenvalue weighted by Gasteiger charge is 2.35. The monoisotopic (exact) mass is 485 g/mol. The molecule has 0 saturated carbocycles. The van der Waals surface area contributed by atoms with Crippen LogP contribution in [0.1, 0.15) is 29.7 Å². The largest absolute Gasteiger partial charge is 0.489 e. The number of para-hydroxylation sites is 1. The van der Waals surface area contributed by atoms with Gasteiger partial charge in [-0.25, -0.2) is 4.68 Å². The first-order chi connectivity index (χ1) is 17.0. The van der Waals surface area contributed by atoms with Crippen molar-refractivity contribution in [1.82, 2.24) is 14.8 Å². The van der Waals surface area contributed by atoms with Crippen molar-refractivity contribution in [3.63, 3.8) is 0 Å². The van der Waals surface area contributed by atoms with Crippen molar-refractivity contribution in [2.45, 2.75) is 26.5 Å². The molecule has 1 aliphatic rings. The van der Waals surface area contributed by atoms with Crippen LogP contribution >= 0.6 is 11.6 Å². The Morgan fingerprint density at radius 3 is 2.57 bits per heavy atom. The maximum absolute atomic E-state index is 13.6. The summed E-state index contributed by atoms with van der Waals surface area (Å²) in [5.74, 6) is 0.978. The van der Waals surface area contributed by atoms with Gasteiger partial charge in [-0.2, -0.15) is 10.1 Å². The molecule has 0 unspecified atom stereocenters. The lowest BCUT2D eigenvalue weighted by Gasteiger charge is -2.29. The summed E-state index contributed by atoms with van der Waals surface area (Å²) in [6.07, 6.45) is 1.47. The Hall–Kier alpha value is -4.10. The number of rotatable bonds is 6. The highest BCUT2D eigenvalue weighted by molar-refractivity contribution is 6.30. The van der Waals surface area contributed by atoms with E-state index in [1.165, 1.54) is 11.9 Å². The number of benzene rings is 3. The van der Waals surface area contributed by atoms with Crippen LogP contribution in [0, 0.1) is 6.92 Å². The van der Waals surface area contributed by atoms with E-state index in [0.717, 1.165) is 11.1 Å². The fraction of sp³-hybridized carbons (Fsp3) is 0.148. The number of aryl methyl sites for hydroxylation is 1. The van der Waals surface area contributed by atoms with Crippen LogP contribution in [0.5, 0.6) is 5.75 Å². The highest BCUT2D eigenvalue weighted by Crippen LogP contribution is 2.39. The first kappa shape index (κ1) is 22.7. The van der Waals surface area contributed by atoms with Crippen LogP contribution in [-0.4, -0.2) is 20.7 Å². The van der Waals surface area contributed by atoms with E-state index in [0.29, 0.717) is 40.3 Å². The van der Waals surface area contributed by atoms with Gasteiger partial charge in [-0.3, -0.25) is 4.79 Å². The average Bonchev–Trinajstić information content (AvgIpc) is 3.32. The molecule has 0 saturated heterocycles. The van der Waals surface area contributed by atoms with Gasteiger partial charge >= 0.3 is 0 Å². The molecule has 7 nitrogen and oxygen atoms in total. The van der Waals surface area contributed by atoms with Crippen molar-refractivity contribution >= 4 is 29.1 Å². The molecule has 0 fully saturated rings. The third kappa shape index (κ3) is 4.76. The van der Waals surface area contributed by atoms with E-state index in [4.69, 9.17) is 16.3 Å². The van der Waals surface area contributed by atoms with Gasteiger partial charge < -0.3 is 15.4 Å². The maximum atomic E-state index is 13.6. The summed E-state index contributed by atoms with van der Waals surface area (Å²) < 4.78 is 7.96. The maximum Gasteiger partial charge on any atom is 0.255 e. The number of halogens is 1. The molecule has 1 aliphatic heterocycles. The molecule has 1 aromatic heterocycles. The van der Waals surface area contributed by atoms with Crippen LogP contribution in [-0.2, 0) is 11.4 Å². The fourth-order valence-electron chi connectivity index (χ4n) is 4.09. The van der Waals surface area contributed by atoms with Gasteiger partial charge in [-0.1, -0.05) is 59.6 Å². The van der Waals surface area contributed by atoms with Crippen molar-refractivity contribution in [3.8, 4) is 5.75 Å². The highest BCUT2D eigenvalue weighted by atomic mass is 35.5. The van der Waals surface area contributed by atoms with E-state index in [1.807, 2.05) is 43.3 Å². The van der Waals surface area contributed by atoms with Gasteiger partial charge in [0.25, 0.3) is 5.91 Å². The first-order valence-electron chi connectivity index (χ1n) is 11.2. The number of allylic oxidation sites excluding steroid dienone is 1. The number of anilines is 2. The Kier molecular flexibility index (Phi) is 6.25. The van der Waals surface area contributed by atoms with Crippen molar-refractivity contribution in [2.24, 2.45) is 0 Å². The summed E-state index contributed by atoms with van der Waals surface area (Å²) in [6, 6.07) is 22.4. The van der Waals surface area contributed by atoms with Gasteiger partial charge in [-0.05, 0) is 49.7 Å². The molecule has 8 heteroatoms. The molecule has 35 heavy (non-hydrogen) atoms. The van der Waals surface area contributed by atoms with Crippen molar-refractivity contribution < 1.29 is 9.53 Å². The number of hydrogen-bond acceptors (Lipinski definition) is 5. The molecule has 0 aliphatic carbocycles. The Bertz CT molecular complexity index is 1390. The lowest BCUT2D eigenvalue weighted by Crippen LogP contribution is -2.31. The second kappa shape index (κ2) is 9.64. The fourth-order valence-corrected chi connectivity index (χ4v) is 4.21. The quantitative estimate of drug-likeness (QED) is 0.363. The number of carbonyl (C=O) groups excluding carboxylic acids is 1. The topological polar surface area (TPSA) is 81.1 Å². The Morgan fingerprint density at radius 1 is 1.06 bits per heavy atom. The normalized spacial score (nSPS) is 14.8. The van der Waals surface area contributed by atoms with E-state index < -0.39 is 6.04 Å². The number of aromatic nitrogens is 3. The second-order valence-corrected chi connectivity index (χ2v) is 8.80. The minimum atomic E-state index is -0.532. The van der Waals surface area contributed by atoms with E-state index in [9.17, 15) is 4.79 Å². The molecule has 3 aromatic carbocycles. The zero-order valence-electron chi connectivity index (χ0n) is 19.3. The van der Waals surface area contributed by atoms with Gasteiger partial charge in [0.15, 0.2) is 0 Å². The summed E-state index contributed by atoms with van der Waals surface area (Å²) in [7, 11) is 0. The standard InChI is InChI=1S/C27H24ClN5O2/c1-17-7-9-19(10-8-17)15-35-23-6-4-3-5-22(23)25-24(18(2)31-27-29-16-30-33(25)27)26(34)32-21-13-11-20(28)12-14-21/h3-14,16,25H,15H2,1-2H3,(H,32,34)(H,29,30,31)/t25-/m0/s1. The van der Waals surface area contributed by atoms with Crippen LogP contribution in [0.2, 0.25) is 5.02 Å². The third-order valence-electron chi connectivity index (χ3n) is 5.87. The first-order valence-corrected chi connectivity index (χ1v) is 11.6. The van der Waals surface area contributed by atoms with Gasteiger partial charge in [0.1, 0.15) is 24.7 Å². The van der Waals surface area contributed by atoms with Crippen LogP contribution in [0.15, 0.2) is 90.4 Å². The van der Waals surface area contributed by atoms with Gasteiger partial charge in [0.2, 0.25) is 5.95 Å². The number of ether oxygens (including phenoxy) is 1. The lowest BCUT2D eigenvalue weighted by molar-refractivity contribution is -0.113. The molecule has 2 heterocycles. The molecular weight excluding hydrogens is 462 g/mol. The third-order valence-corrected chi connectivity index (χ3v) is 6.12. The minimum absolute atomic E-state index is 0.253. The predicted octanol–water partition coefficient (Wildman–Crippen LogP) is 5.75. The van der Waals surface area contributed by atoms with Crippen LogP contribution < -0.4 is 15.4 Å². The summed E-state index contributed by atoms with van der Waals surface area (Å²) in [5.41, 5.74) is 4.92. The van der Waals surface area contributed by atoms with E-state index >= 15 is 0 Å². The van der Waals surface area contributed by atoms with Gasteiger partial charge in [-0.15, -0.1) is 0 Å². The molecule has 4 aromatic rings. The number of hydrogen-bond donors (Lipinski definition) is 2. The van der Waals surface area contributed by atoms with Crippen molar-refractivity contribution in [2.75, 3.05) is 10.6 Å². The summed E-state index contributed by atoms with van der Waals surface area (Å²) in [6.45, 7) is 4.32. The zero-order chi connectivity index (χ0) is 24.4.